The van der Waals surface area contributed by atoms with E-state index in [4.69, 9.17) is 8.94 Å². The molecule has 3 heterocycles. The standard InChI is InChI=1S/C27H28N4O5/c1-17(2)31-15-21(26(33)28-18(3)23-11-8-12-35-23)25(32)22(16-31)27(34)30(4)14-20-13-24(36-29-20)19-9-6-5-7-10-19/h5-13,15-18H,14H2,1-4H3,(H,28,33). The molecule has 1 N–H and O–H groups in total. The van der Waals surface area contributed by atoms with Gasteiger partial charge in [0.15, 0.2) is 5.76 Å². The third-order valence-electron chi connectivity index (χ3n) is 5.80. The molecule has 2 amide bonds. The van der Waals surface area contributed by atoms with E-state index in [2.05, 4.69) is 10.5 Å². The van der Waals surface area contributed by atoms with Gasteiger partial charge in [0.05, 0.1) is 18.8 Å². The molecule has 9 heteroatoms. The Morgan fingerprint density at radius 2 is 1.78 bits per heavy atom. The monoisotopic (exact) mass is 488 g/mol. The molecule has 1 unspecified atom stereocenters. The van der Waals surface area contributed by atoms with Gasteiger partial charge < -0.3 is 23.7 Å². The molecule has 0 aliphatic heterocycles. The molecule has 36 heavy (non-hydrogen) atoms. The number of nitrogens with zero attached hydrogens (tertiary/aromatic N) is 3. The lowest BCUT2D eigenvalue weighted by Gasteiger charge is -2.19. The van der Waals surface area contributed by atoms with E-state index >= 15 is 0 Å². The minimum Gasteiger partial charge on any atom is -0.467 e. The summed E-state index contributed by atoms with van der Waals surface area (Å²) in [4.78, 5) is 41.0. The van der Waals surface area contributed by atoms with Crippen LogP contribution in [0.25, 0.3) is 11.3 Å². The average molecular weight is 489 g/mol. The smallest absolute Gasteiger partial charge is 0.259 e. The van der Waals surface area contributed by atoms with Gasteiger partial charge >= 0.3 is 0 Å². The molecule has 0 aliphatic carbocycles. The summed E-state index contributed by atoms with van der Waals surface area (Å²) >= 11 is 0. The summed E-state index contributed by atoms with van der Waals surface area (Å²) in [5, 5.41) is 6.82. The van der Waals surface area contributed by atoms with Crippen LogP contribution in [0.3, 0.4) is 0 Å². The number of amides is 2. The summed E-state index contributed by atoms with van der Waals surface area (Å²) in [7, 11) is 1.57. The van der Waals surface area contributed by atoms with E-state index in [0.717, 1.165) is 5.56 Å². The number of pyridine rings is 1. The van der Waals surface area contributed by atoms with Gasteiger partial charge in [-0.1, -0.05) is 35.5 Å². The van der Waals surface area contributed by atoms with Crippen molar-refractivity contribution in [1.82, 2.24) is 19.9 Å². The van der Waals surface area contributed by atoms with Crippen LogP contribution < -0.4 is 10.7 Å². The fourth-order valence-corrected chi connectivity index (χ4v) is 3.74. The first-order chi connectivity index (χ1) is 17.2. The van der Waals surface area contributed by atoms with Gasteiger partial charge in [0.2, 0.25) is 5.43 Å². The van der Waals surface area contributed by atoms with Crippen LogP contribution in [0.4, 0.5) is 0 Å². The van der Waals surface area contributed by atoms with Crippen LogP contribution >= 0.6 is 0 Å². The number of rotatable bonds is 8. The highest BCUT2D eigenvalue weighted by atomic mass is 16.5. The van der Waals surface area contributed by atoms with Crippen LogP contribution in [-0.4, -0.2) is 33.5 Å². The van der Waals surface area contributed by atoms with E-state index in [0.29, 0.717) is 17.2 Å². The first-order valence-electron chi connectivity index (χ1n) is 11.6. The zero-order chi connectivity index (χ0) is 25.8. The topological polar surface area (TPSA) is 111 Å². The van der Waals surface area contributed by atoms with Crippen LogP contribution in [0.2, 0.25) is 0 Å². The van der Waals surface area contributed by atoms with Gasteiger partial charge in [-0.15, -0.1) is 0 Å². The Hall–Kier alpha value is -4.40. The lowest BCUT2D eigenvalue weighted by molar-refractivity contribution is 0.0780. The van der Waals surface area contributed by atoms with Crippen LogP contribution in [0.15, 0.2) is 80.9 Å². The highest BCUT2D eigenvalue weighted by molar-refractivity contribution is 5.99. The van der Waals surface area contributed by atoms with Crippen molar-refractivity contribution in [2.45, 2.75) is 39.4 Å². The second-order valence-corrected chi connectivity index (χ2v) is 8.88. The number of carbonyl (C=O) groups is 2. The predicted octanol–water partition coefficient (Wildman–Crippen LogP) is 4.44. The number of benzene rings is 1. The number of hydrogen-bond acceptors (Lipinski definition) is 6. The fraction of sp³-hybridized carbons (Fsp3) is 0.259. The number of nitrogens with one attached hydrogen (secondary N) is 1. The molecule has 0 fully saturated rings. The maximum Gasteiger partial charge on any atom is 0.259 e. The van der Waals surface area contributed by atoms with Crippen LogP contribution in [0.1, 0.15) is 65.0 Å². The van der Waals surface area contributed by atoms with Crippen molar-refractivity contribution in [2.24, 2.45) is 0 Å². The third-order valence-corrected chi connectivity index (χ3v) is 5.80. The van der Waals surface area contributed by atoms with E-state index in [-0.39, 0.29) is 23.7 Å². The van der Waals surface area contributed by atoms with E-state index < -0.39 is 23.3 Å². The Labute approximate surface area is 208 Å². The van der Waals surface area contributed by atoms with Gasteiger partial charge in [-0.2, -0.15) is 0 Å². The second kappa shape index (κ2) is 10.5. The molecular formula is C27H28N4O5. The molecule has 186 valence electrons. The SMILES string of the molecule is CC(NC(=O)c1cn(C(C)C)cc(C(=O)N(C)Cc2cc(-c3ccccc3)on2)c1=O)c1ccco1. The van der Waals surface area contributed by atoms with Crippen LogP contribution in [-0.2, 0) is 6.54 Å². The van der Waals surface area contributed by atoms with Crippen LogP contribution in [0, 0.1) is 0 Å². The lowest BCUT2D eigenvalue weighted by Crippen LogP contribution is -2.37. The molecule has 4 aromatic rings. The first kappa shape index (κ1) is 24.7. The van der Waals surface area contributed by atoms with Crippen molar-refractivity contribution in [1.29, 1.82) is 0 Å². The molecule has 9 nitrogen and oxygen atoms in total. The molecule has 0 aliphatic rings. The molecule has 0 spiro atoms. The van der Waals surface area contributed by atoms with Crippen molar-refractivity contribution >= 4 is 11.8 Å². The Morgan fingerprint density at radius 3 is 2.44 bits per heavy atom. The quantitative estimate of drug-likeness (QED) is 0.393. The minimum atomic E-state index is -0.641. The summed E-state index contributed by atoms with van der Waals surface area (Å²) in [5.41, 5.74) is 0.547. The van der Waals surface area contributed by atoms with Crippen LogP contribution in [0.5, 0.6) is 0 Å². The Balaban J connectivity index is 1.57. The summed E-state index contributed by atoms with van der Waals surface area (Å²) in [6, 6.07) is 14.2. The van der Waals surface area contributed by atoms with Crippen molar-refractivity contribution in [2.75, 3.05) is 7.05 Å². The number of hydrogen-bond donors (Lipinski definition) is 1. The first-order valence-corrected chi connectivity index (χ1v) is 11.6. The molecule has 4 rings (SSSR count). The van der Waals surface area contributed by atoms with Crippen molar-refractivity contribution in [3.63, 3.8) is 0 Å². The Morgan fingerprint density at radius 1 is 1.06 bits per heavy atom. The third kappa shape index (κ3) is 5.30. The molecule has 1 aromatic carbocycles. The minimum absolute atomic E-state index is 0.0829. The predicted molar refractivity (Wildman–Crippen MR) is 133 cm³/mol. The molecule has 0 bridgehead atoms. The van der Waals surface area contributed by atoms with Crippen molar-refractivity contribution < 1.29 is 18.5 Å². The normalized spacial score (nSPS) is 11.9. The van der Waals surface area contributed by atoms with Gasteiger partial charge in [-0.25, -0.2) is 0 Å². The Kier molecular flexibility index (Phi) is 7.19. The van der Waals surface area contributed by atoms with Gasteiger partial charge in [-0.05, 0) is 32.9 Å². The molecule has 3 aromatic heterocycles. The number of carbonyl (C=O) groups excluding carboxylic acids is 2. The van der Waals surface area contributed by atoms with E-state index in [1.165, 1.54) is 23.6 Å². The molecule has 0 saturated heterocycles. The zero-order valence-electron chi connectivity index (χ0n) is 20.6. The number of aromatic nitrogens is 2. The maximum atomic E-state index is 13.3. The summed E-state index contributed by atoms with van der Waals surface area (Å²) in [5.74, 6) is 0.0342. The number of furan rings is 1. The highest BCUT2D eigenvalue weighted by Crippen LogP contribution is 2.21. The van der Waals surface area contributed by atoms with E-state index in [9.17, 15) is 14.4 Å². The molecule has 0 saturated carbocycles. The van der Waals surface area contributed by atoms with Crippen molar-refractivity contribution in [3.8, 4) is 11.3 Å². The van der Waals surface area contributed by atoms with Gasteiger partial charge in [0, 0.05) is 37.1 Å². The summed E-state index contributed by atoms with van der Waals surface area (Å²) < 4.78 is 12.4. The summed E-state index contributed by atoms with van der Waals surface area (Å²) in [6.07, 6.45) is 4.46. The van der Waals surface area contributed by atoms with Gasteiger partial charge in [-0.3, -0.25) is 14.4 Å². The highest BCUT2D eigenvalue weighted by Gasteiger charge is 2.24. The van der Waals surface area contributed by atoms with Gasteiger partial charge in [0.1, 0.15) is 22.6 Å². The largest absolute Gasteiger partial charge is 0.467 e. The molecule has 1 atom stereocenters. The molecular weight excluding hydrogens is 460 g/mol. The maximum absolute atomic E-state index is 13.3. The lowest BCUT2D eigenvalue weighted by atomic mass is 10.1. The molecule has 0 radical (unpaired) electrons. The fourth-order valence-electron chi connectivity index (χ4n) is 3.74. The van der Waals surface area contributed by atoms with Crippen molar-refractivity contribution in [3.05, 3.63) is 100.0 Å². The average Bonchev–Trinajstić information content (AvgIpc) is 3.57. The van der Waals surface area contributed by atoms with E-state index in [1.807, 2.05) is 44.2 Å². The second-order valence-electron chi connectivity index (χ2n) is 8.88. The van der Waals surface area contributed by atoms with Gasteiger partial charge in [0.25, 0.3) is 11.8 Å². The summed E-state index contributed by atoms with van der Waals surface area (Å²) in [6.45, 7) is 5.68. The van der Waals surface area contributed by atoms with E-state index in [1.54, 1.807) is 36.7 Å². The Bertz CT molecular complexity index is 1400. The zero-order valence-corrected chi connectivity index (χ0v) is 20.6.